The molecule has 0 saturated carbocycles. The van der Waals surface area contributed by atoms with Gasteiger partial charge >= 0.3 is 24.0 Å². The van der Waals surface area contributed by atoms with Crippen molar-refractivity contribution < 1.29 is 36.6 Å². The van der Waals surface area contributed by atoms with E-state index in [0.29, 0.717) is 4.90 Å². The van der Waals surface area contributed by atoms with E-state index in [-0.39, 0.29) is 39.1 Å². The van der Waals surface area contributed by atoms with Crippen LogP contribution < -0.4 is 0 Å². The summed E-state index contributed by atoms with van der Waals surface area (Å²) < 4.78 is 61.9. The molecular weight excluding hydrogens is 291 g/mol. The number of alkyl halides is 5. The molecule has 10 heteroatoms. The SMILES string of the molecule is O=C(O)CCN1CCN(C(=O)C(F)(F)C(F)(F)F)CC1. The normalized spacial score (nSPS) is 18.1. The summed E-state index contributed by atoms with van der Waals surface area (Å²) >= 11 is 0. The second kappa shape index (κ2) is 5.90. The summed E-state index contributed by atoms with van der Waals surface area (Å²) in [4.78, 5) is 23.6. The smallest absolute Gasteiger partial charge is 0.463 e. The van der Waals surface area contributed by atoms with Crippen LogP contribution in [0.15, 0.2) is 0 Å². The Bertz CT molecular complexity index is 378. The lowest BCUT2D eigenvalue weighted by Crippen LogP contribution is -2.57. The average Bonchev–Trinajstić information content (AvgIpc) is 2.34. The van der Waals surface area contributed by atoms with E-state index in [1.165, 1.54) is 0 Å². The minimum absolute atomic E-state index is 0.0625. The number of halogens is 5. The summed E-state index contributed by atoms with van der Waals surface area (Å²) in [5.41, 5.74) is 0. The molecule has 1 fully saturated rings. The molecule has 1 heterocycles. The van der Waals surface area contributed by atoms with Crippen molar-refractivity contribution in [1.29, 1.82) is 0 Å². The molecule has 1 aliphatic rings. The van der Waals surface area contributed by atoms with Crippen LogP contribution >= 0.6 is 0 Å². The number of aliphatic carboxylic acids is 1. The van der Waals surface area contributed by atoms with Crippen LogP contribution in [0.3, 0.4) is 0 Å². The van der Waals surface area contributed by atoms with Crippen LogP contribution in [0.25, 0.3) is 0 Å². The molecular formula is C10H13F5N2O3. The first-order chi connectivity index (χ1) is 9.05. The van der Waals surface area contributed by atoms with Crippen molar-refractivity contribution in [3.8, 4) is 0 Å². The third kappa shape index (κ3) is 3.78. The number of carbonyl (C=O) groups is 2. The molecule has 0 aliphatic carbocycles. The lowest BCUT2D eigenvalue weighted by molar-refractivity contribution is -0.274. The summed E-state index contributed by atoms with van der Waals surface area (Å²) in [6.07, 6.45) is -6.07. The van der Waals surface area contributed by atoms with Crippen LogP contribution in [0.1, 0.15) is 6.42 Å². The standard InChI is InChI=1S/C10H13F5N2O3/c11-9(12,10(13,14)15)8(20)17-5-3-16(4-6-17)2-1-7(18)19/h1-6H2,(H,18,19). The highest BCUT2D eigenvalue weighted by molar-refractivity contribution is 5.84. The Kier molecular flexibility index (Phi) is 4.90. The molecule has 0 aromatic heterocycles. The van der Waals surface area contributed by atoms with E-state index in [9.17, 15) is 31.5 Å². The second-order valence-electron chi connectivity index (χ2n) is 4.35. The topological polar surface area (TPSA) is 60.9 Å². The zero-order valence-corrected chi connectivity index (χ0v) is 10.3. The lowest BCUT2D eigenvalue weighted by Gasteiger charge is -2.36. The van der Waals surface area contributed by atoms with Gasteiger partial charge in [-0.15, -0.1) is 0 Å². The Balaban J connectivity index is 2.53. The number of rotatable bonds is 4. The summed E-state index contributed by atoms with van der Waals surface area (Å²) in [5, 5.41) is 8.47. The molecule has 0 aromatic rings. The van der Waals surface area contributed by atoms with Gasteiger partial charge < -0.3 is 10.0 Å². The first kappa shape index (κ1) is 16.6. The van der Waals surface area contributed by atoms with Crippen molar-refractivity contribution in [3.05, 3.63) is 0 Å². The first-order valence-electron chi connectivity index (χ1n) is 5.74. The van der Waals surface area contributed by atoms with Crippen molar-refractivity contribution >= 4 is 11.9 Å². The molecule has 5 nitrogen and oxygen atoms in total. The van der Waals surface area contributed by atoms with Crippen molar-refractivity contribution in [2.45, 2.75) is 18.5 Å². The molecule has 0 spiro atoms. The predicted molar refractivity (Wildman–Crippen MR) is 56.3 cm³/mol. The maximum absolute atomic E-state index is 12.9. The van der Waals surface area contributed by atoms with E-state index in [4.69, 9.17) is 5.11 Å². The largest absolute Gasteiger partial charge is 0.481 e. The minimum Gasteiger partial charge on any atom is -0.481 e. The minimum atomic E-state index is -5.91. The van der Waals surface area contributed by atoms with Gasteiger partial charge in [0.2, 0.25) is 0 Å². The Hall–Kier alpha value is -1.45. The van der Waals surface area contributed by atoms with E-state index in [1.54, 1.807) is 4.90 Å². The zero-order chi connectivity index (χ0) is 15.6. The van der Waals surface area contributed by atoms with Crippen LogP contribution in [0, 0.1) is 0 Å². The molecule has 0 atom stereocenters. The highest BCUT2D eigenvalue weighted by Gasteiger charge is 2.64. The number of hydrogen-bond acceptors (Lipinski definition) is 3. The van der Waals surface area contributed by atoms with E-state index >= 15 is 0 Å². The quantitative estimate of drug-likeness (QED) is 0.781. The summed E-state index contributed by atoms with van der Waals surface area (Å²) in [6, 6.07) is 0. The van der Waals surface area contributed by atoms with Gasteiger partial charge in [0, 0.05) is 32.7 Å². The van der Waals surface area contributed by atoms with Crippen molar-refractivity contribution in [3.63, 3.8) is 0 Å². The van der Waals surface area contributed by atoms with Gasteiger partial charge in [0.25, 0.3) is 0 Å². The molecule has 1 aliphatic heterocycles. The molecule has 0 radical (unpaired) electrons. The molecule has 1 rings (SSSR count). The monoisotopic (exact) mass is 304 g/mol. The van der Waals surface area contributed by atoms with Crippen molar-refractivity contribution in [1.82, 2.24) is 9.80 Å². The van der Waals surface area contributed by atoms with Crippen LogP contribution in [0.4, 0.5) is 22.0 Å². The van der Waals surface area contributed by atoms with Crippen molar-refractivity contribution in [2.24, 2.45) is 0 Å². The molecule has 0 unspecified atom stereocenters. The van der Waals surface area contributed by atoms with E-state index < -0.39 is 24.0 Å². The van der Waals surface area contributed by atoms with E-state index in [2.05, 4.69) is 0 Å². The average molecular weight is 304 g/mol. The Morgan fingerprint density at radius 1 is 1.00 bits per heavy atom. The summed E-state index contributed by atoms with van der Waals surface area (Å²) in [6.45, 7) is -0.290. The third-order valence-electron chi connectivity index (χ3n) is 2.93. The molecule has 1 amide bonds. The number of hydrogen-bond donors (Lipinski definition) is 1. The van der Waals surface area contributed by atoms with Gasteiger partial charge in [-0.3, -0.25) is 14.5 Å². The first-order valence-corrected chi connectivity index (χ1v) is 5.74. The van der Waals surface area contributed by atoms with Gasteiger partial charge in [-0.2, -0.15) is 22.0 Å². The number of nitrogens with zero attached hydrogens (tertiary/aromatic N) is 2. The van der Waals surface area contributed by atoms with Gasteiger partial charge in [0.05, 0.1) is 6.42 Å². The second-order valence-corrected chi connectivity index (χ2v) is 4.35. The molecule has 20 heavy (non-hydrogen) atoms. The van der Waals surface area contributed by atoms with Crippen LogP contribution in [0.5, 0.6) is 0 Å². The van der Waals surface area contributed by atoms with Crippen LogP contribution in [-0.4, -0.2) is 71.6 Å². The fourth-order valence-corrected chi connectivity index (χ4v) is 1.75. The third-order valence-corrected chi connectivity index (χ3v) is 2.93. The number of piperazine rings is 1. The summed E-state index contributed by atoms with van der Waals surface area (Å²) in [7, 11) is 0. The van der Waals surface area contributed by atoms with Crippen molar-refractivity contribution in [2.75, 3.05) is 32.7 Å². The Morgan fingerprint density at radius 3 is 1.90 bits per heavy atom. The Morgan fingerprint density at radius 2 is 1.50 bits per heavy atom. The molecule has 1 N–H and O–H groups in total. The van der Waals surface area contributed by atoms with Gasteiger partial charge in [-0.25, -0.2) is 0 Å². The van der Waals surface area contributed by atoms with Crippen LogP contribution in [0.2, 0.25) is 0 Å². The number of carboxylic acids is 1. The van der Waals surface area contributed by atoms with E-state index in [1.807, 2.05) is 0 Å². The number of amides is 1. The molecule has 116 valence electrons. The highest BCUT2D eigenvalue weighted by atomic mass is 19.4. The maximum atomic E-state index is 12.9. The molecule has 0 bridgehead atoms. The summed E-state index contributed by atoms with van der Waals surface area (Å²) in [5.74, 6) is -8.69. The Labute approximate surface area is 110 Å². The fraction of sp³-hybridized carbons (Fsp3) is 0.800. The van der Waals surface area contributed by atoms with Gasteiger partial charge in [0.15, 0.2) is 0 Å². The molecule has 0 aromatic carbocycles. The fourth-order valence-electron chi connectivity index (χ4n) is 1.75. The predicted octanol–water partition coefficient (Wildman–Crippen LogP) is 0.803. The van der Waals surface area contributed by atoms with Gasteiger partial charge in [0.1, 0.15) is 0 Å². The highest BCUT2D eigenvalue weighted by Crippen LogP contribution is 2.37. The van der Waals surface area contributed by atoms with Gasteiger partial charge in [-0.05, 0) is 0 Å². The maximum Gasteiger partial charge on any atom is 0.463 e. The van der Waals surface area contributed by atoms with Gasteiger partial charge in [-0.1, -0.05) is 0 Å². The lowest BCUT2D eigenvalue weighted by atomic mass is 10.2. The number of carboxylic acid groups (broad SMARTS) is 1. The van der Waals surface area contributed by atoms with Crippen LogP contribution in [-0.2, 0) is 9.59 Å². The van der Waals surface area contributed by atoms with E-state index in [0.717, 1.165) is 0 Å². The zero-order valence-electron chi connectivity index (χ0n) is 10.3. The number of carbonyl (C=O) groups excluding carboxylic acids is 1. The molecule has 1 saturated heterocycles.